The Labute approximate surface area is 170 Å². The Morgan fingerprint density at radius 3 is 2.21 bits per heavy atom. The number of ether oxygens (including phenoxy) is 1. The van der Waals surface area contributed by atoms with Crippen LogP contribution in [0.4, 0.5) is 5.69 Å². The molecule has 1 aliphatic heterocycles. The fourth-order valence-corrected chi connectivity index (χ4v) is 3.04. The van der Waals surface area contributed by atoms with E-state index in [0.29, 0.717) is 11.3 Å². The van der Waals surface area contributed by atoms with Crippen LogP contribution in [0.25, 0.3) is 0 Å². The smallest absolute Gasteiger partial charge is 0.271 e. The largest absolute Gasteiger partial charge is 0.379 e. The van der Waals surface area contributed by atoms with E-state index in [-0.39, 0.29) is 11.8 Å². The van der Waals surface area contributed by atoms with Crippen LogP contribution >= 0.6 is 0 Å². The third-order valence-electron chi connectivity index (χ3n) is 4.67. The summed E-state index contributed by atoms with van der Waals surface area (Å²) in [6.07, 6.45) is 0. The van der Waals surface area contributed by atoms with Crippen molar-refractivity contribution in [2.45, 2.75) is 20.4 Å². The van der Waals surface area contributed by atoms with Gasteiger partial charge in [0.25, 0.3) is 5.91 Å². The Morgan fingerprint density at radius 2 is 1.59 bits per heavy atom. The number of hydrazone groups is 1. The molecule has 29 heavy (non-hydrogen) atoms. The SMILES string of the molecule is CC(=O)Nc1ccc(/C(C)=N/NC(=O)c2ccc(CN3CCOCC3)cc2)cc1. The number of nitrogens with one attached hydrogen (secondary N) is 2. The summed E-state index contributed by atoms with van der Waals surface area (Å²) < 4.78 is 5.36. The van der Waals surface area contributed by atoms with Gasteiger partial charge in [0.05, 0.1) is 18.9 Å². The molecule has 0 unspecified atom stereocenters. The highest BCUT2D eigenvalue weighted by Crippen LogP contribution is 2.11. The quantitative estimate of drug-likeness (QED) is 0.583. The van der Waals surface area contributed by atoms with E-state index in [0.717, 1.165) is 44.1 Å². The van der Waals surface area contributed by atoms with Crippen LogP contribution in [-0.2, 0) is 16.1 Å². The predicted molar refractivity (Wildman–Crippen MR) is 113 cm³/mol. The molecule has 1 heterocycles. The van der Waals surface area contributed by atoms with Crippen LogP contribution < -0.4 is 10.7 Å². The van der Waals surface area contributed by atoms with Gasteiger partial charge < -0.3 is 10.1 Å². The van der Waals surface area contributed by atoms with Crippen LogP contribution in [0.15, 0.2) is 53.6 Å². The first kappa shape index (κ1) is 20.7. The molecule has 2 aromatic rings. The number of hydrogen-bond donors (Lipinski definition) is 2. The topological polar surface area (TPSA) is 83.0 Å². The molecule has 0 aromatic heterocycles. The fraction of sp³-hybridized carbons (Fsp3) is 0.318. The second-order valence-electron chi connectivity index (χ2n) is 6.98. The van der Waals surface area contributed by atoms with Crippen LogP contribution in [0.2, 0.25) is 0 Å². The van der Waals surface area contributed by atoms with Gasteiger partial charge in [-0.3, -0.25) is 14.5 Å². The standard InChI is InChI=1S/C22H26N4O3/c1-16(19-7-9-21(10-8-19)23-17(2)27)24-25-22(28)20-5-3-18(4-6-20)15-26-11-13-29-14-12-26/h3-10H,11-15H2,1-2H3,(H,23,27)(H,25,28)/b24-16+. The van der Waals surface area contributed by atoms with E-state index in [4.69, 9.17) is 4.74 Å². The number of anilines is 1. The van der Waals surface area contributed by atoms with Crippen molar-refractivity contribution in [2.24, 2.45) is 5.10 Å². The van der Waals surface area contributed by atoms with Gasteiger partial charge in [0.15, 0.2) is 0 Å². The zero-order valence-corrected chi connectivity index (χ0v) is 16.8. The summed E-state index contributed by atoms with van der Waals surface area (Å²) in [5.41, 5.74) is 6.59. The summed E-state index contributed by atoms with van der Waals surface area (Å²) in [6, 6.07) is 14.9. The minimum atomic E-state index is -0.253. The number of carbonyl (C=O) groups excluding carboxylic acids is 2. The third-order valence-corrected chi connectivity index (χ3v) is 4.67. The van der Waals surface area contributed by atoms with Gasteiger partial charge in [-0.25, -0.2) is 5.43 Å². The summed E-state index contributed by atoms with van der Waals surface area (Å²) in [4.78, 5) is 25.8. The van der Waals surface area contributed by atoms with Gasteiger partial charge in [0.1, 0.15) is 0 Å². The van der Waals surface area contributed by atoms with Crippen molar-refractivity contribution >= 4 is 23.2 Å². The Hall–Kier alpha value is -3.03. The number of morpholine rings is 1. The molecule has 1 saturated heterocycles. The Morgan fingerprint density at radius 1 is 0.966 bits per heavy atom. The molecule has 1 aliphatic rings. The van der Waals surface area contributed by atoms with Crippen molar-refractivity contribution in [1.29, 1.82) is 0 Å². The molecule has 0 bridgehead atoms. The molecule has 7 heteroatoms. The molecule has 0 aliphatic carbocycles. The summed E-state index contributed by atoms with van der Waals surface area (Å²) >= 11 is 0. The van der Waals surface area contributed by atoms with Crippen molar-refractivity contribution in [3.05, 3.63) is 65.2 Å². The van der Waals surface area contributed by atoms with E-state index in [1.807, 2.05) is 43.3 Å². The van der Waals surface area contributed by atoms with Gasteiger partial charge in [-0.15, -0.1) is 0 Å². The lowest BCUT2D eigenvalue weighted by Crippen LogP contribution is -2.35. The summed E-state index contributed by atoms with van der Waals surface area (Å²) in [5, 5.41) is 6.90. The van der Waals surface area contributed by atoms with Gasteiger partial charge in [-0.2, -0.15) is 5.10 Å². The van der Waals surface area contributed by atoms with Gasteiger partial charge >= 0.3 is 0 Å². The summed E-state index contributed by atoms with van der Waals surface area (Å²) in [6.45, 7) is 7.55. The Balaban J connectivity index is 1.55. The van der Waals surface area contributed by atoms with Crippen molar-refractivity contribution < 1.29 is 14.3 Å². The maximum atomic E-state index is 12.4. The van der Waals surface area contributed by atoms with Crippen LogP contribution in [-0.4, -0.2) is 48.7 Å². The van der Waals surface area contributed by atoms with E-state index in [1.54, 1.807) is 12.1 Å². The number of amides is 2. The molecule has 0 atom stereocenters. The highest BCUT2D eigenvalue weighted by molar-refractivity contribution is 6.01. The van der Waals surface area contributed by atoms with Crippen LogP contribution in [0.3, 0.4) is 0 Å². The molecule has 1 fully saturated rings. The monoisotopic (exact) mass is 394 g/mol. The molecule has 2 N–H and O–H groups in total. The molecule has 2 amide bonds. The van der Waals surface area contributed by atoms with E-state index in [9.17, 15) is 9.59 Å². The maximum absolute atomic E-state index is 12.4. The fourth-order valence-electron chi connectivity index (χ4n) is 3.04. The predicted octanol–water partition coefficient (Wildman–Crippen LogP) is 2.63. The van der Waals surface area contributed by atoms with Crippen molar-refractivity contribution in [3.63, 3.8) is 0 Å². The second kappa shape index (κ2) is 9.95. The molecule has 152 valence electrons. The highest BCUT2D eigenvalue weighted by atomic mass is 16.5. The highest BCUT2D eigenvalue weighted by Gasteiger charge is 2.11. The average Bonchev–Trinajstić information content (AvgIpc) is 2.73. The number of hydrogen-bond acceptors (Lipinski definition) is 5. The molecule has 3 rings (SSSR count). The lowest BCUT2D eigenvalue weighted by Gasteiger charge is -2.26. The maximum Gasteiger partial charge on any atom is 0.271 e. The Bertz CT molecular complexity index is 870. The molecular weight excluding hydrogens is 368 g/mol. The number of carbonyl (C=O) groups is 2. The van der Waals surface area contributed by atoms with E-state index in [2.05, 4.69) is 20.7 Å². The van der Waals surface area contributed by atoms with Crippen LogP contribution in [0, 0.1) is 0 Å². The minimum absolute atomic E-state index is 0.119. The summed E-state index contributed by atoms with van der Waals surface area (Å²) in [7, 11) is 0. The number of nitrogens with zero attached hydrogens (tertiary/aromatic N) is 2. The Kier molecular flexibility index (Phi) is 7.10. The molecule has 0 spiro atoms. The van der Waals surface area contributed by atoms with E-state index >= 15 is 0 Å². The van der Waals surface area contributed by atoms with Gasteiger partial charge in [0, 0.05) is 37.8 Å². The van der Waals surface area contributed by atoms with Gasteiger partial charge in [0.2, 0.25) is 5.91 Å². The molecular formula is C22H26N4O3. The summed E-state index contributed by atoms with van der Waals surface area (Å²) in [5.74, 6) is -0.372. The molecule has 0 radical (unpaired) electrons. The molecule has 7 nitrogen and oxygen atoms in total. The van der Waals surface area contributed by atoms with Crippen LogP contribution in [0.5, 0.6) is 0 Å². The lowest BCUT2D eigenvalue weighted by molar-refractivity contribution is -0.114. The number of benzene rings is 2. The molecule has 2 aromatic carbocycles. The lowest BCUT2D eigenvalue weighted by atomic mass is 10.1. The normalized spacial score (nSPS) is 15.0. The minimum Gasteiger partial charge on any atom is -0.379 e. The third kappa shape index (κ3) is 6.23. The van der Waals surface area contributed by atoms with Gasteiger partial charge in [-0.1, -0.05) is 24.3 Å². The zero-order valence-electron chi connectivity index (χ0n) is 16.8. The van der Waals surface area contributed by atoms with E-state index in [1.165, 1.54) is 12.5 Å². The average molecular weight is 394 g/mol. The number of rotatable bonds is 6. The van der Waals surface area contributed by atoms with Gasteiger partial charge in [-0.05, 0) is 42.3 Å². The first-order valence-corrected chi connectivity index (χ1v) is 9.63. The first-order valence-electron chi connectivity index (χ1n) is 9.63. The van der Waals surface area contributed by atoms with Crippen molar-refractivity contribution in [1.82, 2.24) is 10.3 Å². The molecule has 0 saturated carbocycles. The zero-order chi connectivity index (χ0) is 20.6. The first-order chi connectivity index (χ1) is 14.0. The van der Waals surface area contributed by atoms with Crippen LogP contribution in [0.1, 0.15) is 35.3 Å². The van der Waals surface area contributed by atoms with E-state index < -0.39 is 0 Å². The second-order valence-corrected chi connectivity index (χ2v) is 6.98. The van der Waals surface area contributed by atoms with Crippen molar-refractivity contribution in [3.8, 4) is 0 Å². The van der Waals surface area contributed by atoms with Crippen molar-refractivity contribution in [2.75, 3.05) is 31.6 Å².